The van der Waals surface area contributed by atoms with Crippen LogP contribution in [0.1, 0.15) is 105 Å². The van der Waals surface area contributed by atoms with E-state index in [0.29, 0.717) is 24.1 Å². The van der Waals surface area contributed by atoms with Crippen molar-refractivity contribution in [3.05, 3.63) is 34.9 Å². The number of ether oxygens (including phenoxy) is 1. The van der Waals surface area contributed by atoms with Crippen molar-refractivity contribution in [3.63, 3.8) is 0 Å². The van der Waals surface area contributed by atoms with Gasteiger partial charge in [-0.3, -0.25) is 29.4 Å². The van der Waals surface area contributed by atoms with Gasteiger partial charge in [0.15, 0.2) is 0 Å². The minimum absolute atomic E-state index is 0.0863. The molecule has 236 valence electrons. The summed E-state index contributed by atoms with van der Waals surface area (Å²) in [6, 6.07) is 4.23. The molecular formula is C30H42N4O8S. The Morgan fingerprint density at radius 3 is 2.28 bits per heavy atom. The van der Waals surface area contributed by atoms with Gasteiger partial charge < -0.3 is 9.64 Å². The van der Waals surface area contributed by atoms with Crippen LogP contribution < -0.4 is 10.0 Å². The highest BCUT2D eigenvalue weighted by atomic mass is 32.2. The molecular weight excluding hydrogens is 576 g/mol. The van der Waals surface area contributed by atoms with E-state index in [-0.39, 0.29) is 25.9 Å². The van der Waals surface area contributed by atoms with Gasteiger partial charge in [0.05, 0.1) is 11.1 Å². The predicted molar refractivity (Wildman–Crippen MR) is 158 cm³/mol. The molecule has 0 saturated carbocycles. The Kier molecular flexibility index (Phi) is 10.3. The second-order valence-electron chi connectivity index (χ2n) is 12.5. The molecule has 1 aromatic rings. The largest absolute Gasteiger partial charge is 0.444 e. The van der Waals surface area contributed by atoms with Crippen molar-refractivity contribution in [2.45, 2.75) is 102 Å². The Bertz CT molecular complexity index is 1360. The molecule has 3 aliphatic rings. The van der Waals surface area contributed by atoms with E-state index in [2.05, 4.69) is 10.0 Å². The maximum Gasteiger partial charge on any atom is 0.410 e. The van der Waals surface area contributed by atoms with Gasteiger partial charge in [-0.05, 0) is 58.1 Å². The number of carbonyl (C=O) groups is 5. The lowest BCUT2D eigenvalue weighted by molar-refractivity contribution is -0.136. The number of imide groups is 2. The van der Waals surface area contributed by atoms with E-state index in [1.54, 1.807) is 32.9 Å². The van der Waals surface area contributed by atoms with Crippen molar-refractivity contribution in [1.29, 1.82) is 0 Å². The average Bonchev–Trinajstić information content (AvgIpc) is 3.13. The summed E-state index contributed by atoms with van der Waals surface area (Å²) >= 11 is 0. The van der Waals surface area contributed by atoms with E-state index in [1.807, 2.05) is 6.07 Å². The lowest BCUT2D eigenvalue weighted by Gasteiger charge is -2.39. The number of sulfonamides is 1. The number of fused-ring (bicyclic) bond motifs is 1. The van der Waals surface area contributed by atoms with Gasteiger partial charge in [0.1, 0.15) is 16.9 Å². The van der Waals surface area contributed by atoms with Crippen LogP contribution >= 0.6 is 0 Å². The van der Waals surface area contributed by atoms with Crippen LogP contribution in [0.5, 0.6) is 0 Å². The standard InChI is InChI=1S/C30H42N4O8S/c1-30(2,3)42-29(39)33-18-21(19-33)43(40,41)31-17-10-8-6-4-5-7-9-12-20-13-11-14-22-25(20)28(38)34(27(22)37)23-15-16-24(35)32-26(23)36/h11,13-14,21,23,31H,4-10,12,15-19H2,1-3H3,(H,32,35,36). The molecule has 1 unspecified atom stereocenters. The molecule has 0 aromatic heterocycles. The Morgan fingerprint density at radius 2 is 1.63 bits per heavy atom. The molecule has 2 saturated heterocycles. The Morgan fingerprint density at radius 1 is 0.977 bits per heavy atom. The SMILES string of the molecule is CC(C)(C)OC(=O)N1CC(S(=O)(=O)NCCCCCCCCCc2cccc3c2C(=O)N(C2CCC(=O)NC2=O)C3=O)C1. The third-order valence-corrected chi connectivity index (χ3v) is 9.70. The summed E-state index contributed by atoms with van der Waals surface area (Å²) in [6.07, 6.45) is 6.77. The fourth-order valence-electron chi connectivity index (χ4n) is 5.56. The molecule has 12 nitrogen and oxygen atoms in total. The van der Waals surface area contributed by atoms with Crippen LogP contribution in [0.15, 0.2) is 18.2 Å². The first-order valence-corrected chi connectivity index (χ1v) is 16.6. The van der Waals surface area contributed by atoms with Gasteiger partial charge in [0.2, 0.25) is 21.8 Å². The molecule has 4 rings (SSSR count). The fourth-order valence-corrected chi connectivity index (χ4v) is 6.98. The monoisotopic (exact) mass is 618 g/mol. The molecule has 0 aliphatic carbocycles. The third kappa shape index (κ3) is 7.99. The predicted octanol–water partition coefficient (Wildman–Crippen LogP) is 2.90. The normalized spacial score (nSPS) is 19.4. The van der Waals surface area contributed by atoms with E-state index in [9.17, 15) is 32.4 Å². The van der Waals surface area contributed by atoms with Crippen molar-refractivity contribution in [3.8, 4) is 0 Å². The minimum atomic E-state index is -3.47. The Balaban J connectivity index is 1.10. The number of benzene rings is 1. The van der Waals surface area contributed by atoms with Crippen LogP contribution in [0, 0.1) is 0 Å². The molecule has 1 atom stereocenters. The Hall–Kier alpha value is -3.32. The van der Waals surface area contributed by atoms with Crippen LogP contribution in [-0.2, 0) is 30.8 Å². The number of unbranched alkanes of at least 4 members (excludes halogenated alkanes) is 6. The number of hydrogen-bond acceptors (Lipinski definition) is 8. The smallest absolute Gasteiger partial charge is 0.410 e. The molecule has 2 fully saturated rings. The summed E-state index contributed by atoms with van der Waals surface area (Å²) in [6.45, 7) is 5.95. The quantitative estimate of drug-likeness (QED) is 0.252. The van der Waals surface area contributed by atoms with Gasteiger partial charge in [0.25, 0.3) is 11.8 Å². The molecule has 3 aliphatic heterocycles. The third-order valence-electron chi connectivity index (χ3n) is 7.92. The average molecular weight is 619 g/mol. The minimum Gasteiger partial charge on any atom is -0.444 e. The number of nitrogens with one attached hydrogen (secondary N) is 2. The molecule has 1 aromatic carbocycles. The summed E-state index contributed by atoms with van der Waals surface area (Å²) in [5, 5.41) is 1.60. The summed E-state index contributed by atoms with van der Waals surface area (Å²) in [5.74, 6) is -1.98. The second kappa shape index (κ2) is 13.5. The molecule has 0 spiro atoms. The van der Waals surface area contributed by atoms with E-state index in [4.69, 9.17) is 4.74 Å². The molecule has 3 heterocycles. The highest BCUT2D eigenvalue weighted by Gasteiger charge is 2.45. The lowest BCUT2D eigenvalue weighted by atomic mass is 9.97. The van der Waals surface area contributed by atoms with Gasteiger partial charge in [-0.15, -0.1) is 0 Å². The van der Waals surface area contributed by atoms with Crippen LogP contribution in [-0.4, -0.2) is 84.5 Å². The number of hydrogen-bond donors (Lipinski definition) is 2. The van der Waals surface area contributed by atoms with Crippen LogP contribution in [0.2, 0.25) is 0 Å². The zero-order valence-corrected chi connectivity index (χ0v) is 26.0. The number of carbonyl (C=O) groups excluding carboxylic acids is 5. The first-order valence-electron chi connectivity index (χ1n) is 15.1. The highest BCUT2D eigenvalue weighted by Crippen LogP contribution is 2.31. The van der Waals surface area contributed by atoms with Crippen molar-refractivity contribution >= 4 is 39.7 Å². The fraction of sp³-hybridized carbons (Fsp3) is 0.633. The molecule has 0 radical (unpaired) electrons. The zero-order valence-electron chi connectivity index (χ0n) is 25.1. The van der Waals surface area contributed by atoms with Crippen molar-refractivity contribution < 1.29 is 37.1 Å². The zero-order chi connectivity index (χ0) is 31.4. The van der Waals surface area contributed by atoms with E-state index in [1.165, 1.54) is 4.90 Å². The summed E-state index contributed by atoms with van der Waals surface area (Å²) in [5.41, 5.74) is 0.838. The van der Waals surface area contributed by atoms with Gasteiger partial charge in [0, 0.05) is 26.1 Å². The van der Waals surface area contributed by atoms with Crippen LogP contribution in [0.3, 0.4) is 0 Å². The van der Waals surface area contributed by atoms with Crippen LogP contribution in [0.25, 0.3) is 0 Å². The van der Waals surface area contributed by atoms with Gasteiger partial charge in [-0.25, -0.2) is 17.9 Å². The van der Waals surface area contributed by atoms with E-state index < -0.39 is 56.6 Å². The molecule has 13 heteroatoms. The number of aryl methyl sites for hydroxylation is 1. The van der Waals surface area contributed by atoms with Crippen molar-refractivity contribution in [2.75, 3.05) is 19.6 Å². The Labute approximate surface area is 252 Å². The molecule has 43 heavy (non-hydrogen) atoms. The highest BCUT2D eigenvalue weighted by molar-refractivity contribution is 7.90. The summed E-state index contributed by atoms with van der Waals surface area (Å²) in [4.78, 5) is 64.4. The van der Waals surface area contributed by atoms with Gasteiger partial charge in [-0.2, -0.15) is 0 Å². The number of amides is 5. The number of piperidine rings is 1. The number of rotatable bonds is 13. The first-order chi connectivity index (χ1) is 20.3. The maximum absolute atomic E-state index is 13.2. The van der Waals surface area contributed by atoms with E-state index >= 15 is 0 Å². The second-order valence-corrected chi connectivity index (χ2v) is 14.5. The summed E-state index contributed by atoms with van der Waals surface area (Å²) in [7, 11) is -3.47. The van der Waals surface area contributed by atoms with Crippen molar-refractivity contribution in [1.82, 2.24) is 19.8 Å². The first kappa shape index (κ1) is 32.6. The topological polar surface area (TPSA) is 159 Å². The molecule has 0 bridgehead atoms. The van der Waals surface area contributed by atoms with Crippen LogP contribution in [0.4, 0.5) is 4.79 Å². The summed E-state index contributed by atoms with van der Waals surface area (Å²) < 4.78 is 32.8. The number of nitrogens with zero attached hydrogens (tertiary/aromatic N) is 2. The molecule has 5 amide bonds. The lowest BCUT2D eigenvalue weighted by Crippen LogP contribution is -2.60. The van der Waals surface area contributed by atoms with Gasteiger partial charge >= 0.3 is 6.09 Å². The van der Waals surface area contributed by atoms with Gasteiger partial charge in [-0.1, -0.05) is 44.2 Å². The van der Waals surface area contributed by atoms with Crippen molar-refractivity contribution in [2.24, 2.45) is 0 Å². The maximum atomic E-state index is 13.2. The molecule has 2 N–H and O–H groups in total. The van der Waals surface area contributed by atoms with E-state index in [0.717, 1.165) is 55.4 Å². The number of likely N-dealkylation sites (tertiary alicyclic amines) is 1.